The van der Waals surface area contributed by atoms with E-state index in [1.165, 1.54) is 4.68 Å². The number of azo groups is 1. The van der Waals surface area contributed by atoms with Gasteiger partial charge in [-0.15, -0.1) is 5.11 Å². The van der Waals surface area contributed by atoms with Gasteiger partial charge < -0.3 is 0 Å². The minimum Gasteiger partial charge on any atom is -0.290 e. The summed E-state index contributed by atoms with van der Waals surface area (Å²) in [4.78, 5) is 21.3. The monoisotopic (exact) mass is 434 g/mol. The number of halogens is 2. The Hall–Kier alpha value is -2.32. The predicted octanol–water partition coefficient (Wildman–Crippen LogP) is 4.97. The molecule has 0 unspecified atom stereocenters. The largest absolute Gasteiger partial charge is 0.301 e. The molecule has 0 saturated carbocycles. The van der Waals surface area contributed by atoms with E-state index in [2.05, 4.69) is 41.2 Å². The van der Waals surface area contributed by atoms with Gasteiger partial charge in [-0.1, -0.05) is 34.5 Å². The van der Waals surface area contributed by atoms with Crippen molar-refractivity contribution in [3.8, 4) is 5.95 Å². The van der Waals surface area contributed by atoms with Crippen molar-refractivity contribution < 1.29 is 0 Å². The summed E-state index contributed by atoms with van der Waals surface area (Å²) >= 11 is 9.57. The molecule has 0 aliphatic carbocycles. The van der Waals surface area contributed by atoms with Crippen molar-refractivity contribution in [2.45, 2.75) is 27.2 Å². The maximum atomic E-state index is 12.7. The second kappa shape index (κ2) is 7.51. The van der Waals surface area contributed by atoms with E-state index in [1.54, 1.807) is 19.1 Å². The van der Waals surface area contributed by atoms with Gasteiger partial charge in [-0.2, -0.15) is 14.8 Å². The Labute approximate surface area is 163 Å². The van der Waals surface area contributed by atoms with E-state index >= 15 is 0 Å². The number of H-pyrrole nitrogens is 1. The summed E-state index contributed by atoms with van der Waals surface area (Å²) in [6.07, 6.45) is 0.719. The van der Waals surface area contributed by atoms with Crippen molar-refractivity contribution in [1.29, 1.82) is 0 Å². The first-order valence-corrected chi connectivity index (χ1v) is 9.10. The van der Waals surface area contributed by atoms with Crippen LogP contribution in [0.4, 0.5) is 11.4 Å². The summed E-state index contributed by atoms with van der Waals surface area (Å²) in [5.41, 5.74) is 2.62. The Bertz CT molecular complexity index is 1020. The van der Waals surface area contributed by atoms with Crippen LogP contribution in [-0.2, 0) is 6.42 Å². The lowest BCUT2D eigenvalue weighted by Crippen LogP contribution is -2.18. The molecule has 0 aliphatic rings. The smallest absolute Gasteiger partial charge is 0.290 e. The van der Waals surface area contributed by atoms with E-state index in [1.807, 2.05) is 26.0 Å². The fraction of sp³-hybridized carbons (Fsp3) is 0.235. The lowest BCUT2D eigenvalue weighted by atomic mass is 10.2. The lowest BCUT2D eigenvalue weighted by Gasteiger charge is -2.07. The normalized spacial score (nSPS) is 11.4. The fourth-order valence-electron chi connectivity index (χ4n) is 2.46. The summed E-state index contributed by atoms with van der Waals surface area (Å²) in [5.74, 6) is 0.183. The number of aromatic amines is 1. The van der Waals surface area contributed by atoms with Crippen LogP contribution in [0.15, 0.2) is 43.8 Å². The first kappa shape index (κ1) is 18.5. The van der Waals surface area contributed by atoms with Gasteiger partial charge in [-0.3, -0.25) is 9.89 Å². The zero-order valence-corrected chi connectivity index (χ0v) is 16.8. The molecule has 0 radical (unpaired) electrons. The molecule has 0 fully saturated rings. The minimum absolute atomic E-state index is 0.183. The SMILES string of the molecule is CCc1c(C)nc(-n2[nH]c(C)c(N=Nc3ccc(Br)cc3)c2=O)nc1Cl. The van der Waals surface area contributed by atoms with Crippen LogP contribution in [-0.4, -0.2) is 19.7 Å². The molecule has 1 aromatic carbocycles. The molecule has 0 amide bonds. The predicted molar refractivity (Wildman–Crippen MR) is 104 cm³/mol. The van der Waals surface area contributed by atoms with Crippen LogP contribution in [0.3, 0.4) is 0 Å². The maximum absolute atomic E-state index is 12.7. The Morgan fingerprint density at radius 1 is 1.19 bits per heavy atom. The van der Waals surface area contributed by atoms with Crippen LogP contribution in [0.1, 0.15) is 23.9 Å². The number of nitrogens with zero attached hydrogens (tertiary/aromatic N) is 5. The van der Waals surface area contributed by atoms with Crippen molar-refractivity contribution in [1.82, 2.24) is 19.7 Å². The third kappa shape index (κ3) is 3.61. The highest BCUT2D eigenvalue weighted by Gasteiger charge is 2.16. The summed E-state index contributed by atoms with van der Waals surface area (Å²) in [6.45, 7) is 5.55. The molecule has 3 aromatic rings. The van der Waals surface area contributed by atoms with Crippen molar-refractivity contribution in [3.05, 3.63) is 61.2 Å². The summed E-state index contributed by atoms with van der Waals surface area (Å²) in [6, 6.07) is 7.29. The molecule has 2 heterocycles. The molecule has 0 saturated heterocycles. The highest BCUT2D eigenvalue weighted by atomic mass is 79.9. The average molecular weight is 436 g/mol. The van der Waals surface area contributed by atoms with Gasteiger partial charge in [0, 0.05) is 15.7 Å². The van der Waals surface area contributed by atoms with Gasteiger partial charge in [-0.25, -0.2) is 4.98 Å². The zero-order chi connectivity index (χ0) is 18.8. The maximum Gasteiger partial charge on any atom is 0.301 e. The first-order chi connectivity index (χ1) is 12.4. The van der Waals surface area contributed by atoms with Gasteiger partial charge in [0.15, 0.2) is 5.69 Å². The number of rotatable bonds is 4. The van der Waals surface area contributed by atoms with Gasteiger partial charge in [-0.05, 0) is 44.5 Å². The Morgan fingerprint density at radius 2 is 1.88 bits per heavy atom. The highest BCUT2D eigenvalue weighted by molar-refractivity contribution is 9.10. The van der Waals surface area contributed by atoms with Gasteiger partial charge in [0.2, 0.25) is 0 Å². The zero-order valence-electron chi connectivity index (χ0n) is 14.4. The number of aromatic nitrogens is 4. The van der Waals surface area contributed by atoms with Crippen LogP contribution in [0.2, 0.25) is 5.15 Å². The fourth-order valence-corrected chi connectivity index (χ4v) is 3.07. The van der Waals surface area contributed by atoms with E-state index in [-0.39, 0.29) is 17.2 Å². The Kier molecular flexibility index (Phi) is 5.33. The van der Waals surface area contributed by atoms with Crippen molar-refractivity contribution in [2.24, 2.45) is 10.2 Å². The molecule has 0 atom stereocenters. The van der Waals surface area contributed by atoms with Crippen molar-refractivity contribution in [3.63, 3.8) is 0 Å². The molecule has 26 heavy (non-hydrogen) atoms. The number of hydrogen-bond acceptors (Lipinski definition) is 5. The average Bonchev–Trinajstić information content (AvgIpc) is 2.88. The molecule has 0 bridgehead atoms. The summed E-state index contributed by atoms with van der Waals surface area (Å²) in [7, 11) is 0. The molecule has 134 valence electrons. The Balaban J connectivity index is 2.01. The molecule has 1 N–H and O–H groups in total. The number of aryl methyl sites for hydroxylation is 2. The molecule has 7 nitrogen and oxygen atoms in total. The van der Waals surface area contributed by atoms with Gasteiger partial charge >= 0.3 is 5.56 Å². The molecular formula is C17H16BrClN6O. The Morgan fingerprint density at radius 3 is 2.50 bits per heavy atom. The number of benzene rings is 1. The lowest BCUT2D eigenvalue weighted by molar-refractivity contribution is 0.763. The summed E-state index contributed by atoms with van der Waals surface area (Å²) in [5, 5.41) is 11.5. The minimum atomic E-state index is -0.386. The van der Waals surface area contributed by atoms with E-state index in [4.69, 9.17) is 11.6 Å². The van der Waals surface area contributed by atoms with Gasteiger partial charge in [0.25, 0.3) is 5.95 Å². The molecule has 0 aliphatic heterocycles. The van der Waals surface area contributed by atoms with Crippen LogP contribution in [0.25, 0.3) is 5.95 Å². The van der Waals surface area contributed by atoms with Crippen LogP contribution >= 0.6 is 27.5 Å². The highest BCUT2D eigenvalue weighted by Crippen LogP contribution is 2.22. The van der Waals surface area contributed by atoms with Crippen LogP contribution in [0.5, 0.6) is 0 Å². The van der Waals surface area contributed by atoms with E-state index in [0.29, 0.717) is 16.5 Å². The van der Waals surface area contributed by atoms with E-state index in [0.717, 1.165) is 22.2 Å². The van der Waals surface area contributed by atoms with Gasteiger partial charge in [0.1, 0.15) is 5.15 Å². The second-order valence-corrected chi connectivity index (χ2v) is 6.91. The van der Waals surface area contributed by atoms with Crippen LogP contribution in [0, 0.1) is 13.8 Å². The first-order valence-electron chi connectivity index (χ1n) is 7.93. The molecule has 0 spiro atoms. The third-order valence-electron chi connectivity index (χ3n) is 3.84. The quantitative estimate of drug-likeness (QED) is 0.464. The van der Waals surface area contributed by atoms with E-state index in [9.17, 15) is 4.79 Å². The molecule has 9 heteroatoms. The van der Waals surface area contributed by atoms with Crippen LogP contribution < -0.4 is 5.56 Å². The second-order valence-electron chi connectivity index (χ2n) is 5.63. The van der Waals surface area contributed by atoms with E-state index < -0.39 is 0 Å². The number of hydrogen-bond donors (Lipinski definition) is 1. The number of nitrogens with one attached hydrogen (secondary N) is 1. The topological polar surface area (TPSA) is 88.3 Å². The molecule has 2 aromatic heterocycles. The molecular weight excluding hydrogens is 420 g/mol. The van der Waals surface area contributed by atoms with Crippen molar-refractivity contribution in [2.75, 3.05) is 0 Å². The third-order valence-corrected chi connectivity index (χ3v) is 4.68. The molecule has 3 rings (SSSR count). The summed E-state index contributed by atoms with van der Waals surface area (Å²) < 4.78 is 2.17. The standard InChI is InChI=1S/C17H16BrClN6O/c1-4-13-9(2)20-17(21-15(13)19)25-16(26)14(10(3)24-25)23-22-12-7-5-11(18)6-8-12/h5-8,24H,4H2,1-3H3. The van der Waals surface area contributed by atoms with Crippen molar-refractivity contribution >= 4 is 38.9 Å². The van der Waals surface area contributed by atoms with Gasteiger partial charge in [0.05, 0.1) is 11.4 Å².